The summed E-state index contributed by atoms with van der Waals surface area (Å²) < 4.78 is 26.9. The summed E-state index contributed by atoms with van der Waals surface area (Å²) in [5.41, 5.74) is 0.990. The zero-order valence-corrected chi connectivity index (χ0v) is 14.6. The zero-order chi connectivity index (χ0) is 16.2. The SMILES string of the molecule is O=S(=O)(NCCCc1ccccc1Cl)c1cc(Cl)ccc1Cl. The van der Waals surface area contributed by atoms with Crippen molar-refractivity contribution in [1.29, 1.82) is 0 Å². The molecule has 0 atom stereocenters. The van der Waals surface area contributed by atoms with Crippen LogP contribution in [0.4, 0.5) is 0 Å². The minimum Gasteiger partial charge on any atom is -0.211 e. The summed E-state index contributed by atoms with van der Waals surface area (Å²) in [7, 11) is -3.68. The first-order valence-electron chi connectivity index (χ1n) is 6.58. The number of hydrogen-bond acceptors (Lipinski definition) is 2. The van der Waals surface area contributed by atoms with Gasteiger partial charge in [0.05, 0.1) is 5.02 Å². The van der Waals surface area contributed by atoms with Gasteiger partial charge in [0, 0.05) is 16.6 Å². The van der Waals surface area contributed by atoms with E-state index in [1.165, 1.54) is 12.1 Å². The molecule has 118 valence electrons. The van der Waals surface area contributed by atoms with Gasteiger partial charge in [-0.3, -0.25) is 0 Å². The summed E-state index contributed by atoms with van der Waals surface area (Å²) in [6.07, 6.45) is 1.31. The van der Waals surface area contributed by atoms with Gasteiger partial charge >= 0.3 is 0 Å². The molecular weight excluding hydrogens is 365 g/mol. The van der Waals surface area contributed by atoms with E-state index in [1.54, 1.807) is 6.07 Å². The van der Waals surface area contributed by atoms with E-state index in [1.807, 2.05) is 24.3 Å². The van der Waals surface area contributed by atoms with Gasteiger partial charge in [0.25, 0.3) is 0 Å². The van der Waals surface area contributed by atoms with Crippen LogP contribution in [-0.2, 0) is 16.4 Å². The first kappa shape index (κ1) is 17.6. The second-order valence-electron chi connectivity index (χ2n) is 4.67. The zero-order valence-electron chi connectivity index (χ0n) is 11.5. The van der Waals surface area contributed by atoms with E-state index in [0.717, 1.165) is 5.56 Å². The van der Waals surface area contributed by atoms with Crippen LogP contribution >= 0.6 is 34.8 Å². The Morgan fingerprint density at radius 2 is 1.68 bits per heavy atom. The van der Waals surface area contributed by atoms with E-state index in [4.69, 9.17) is 34.8 Å². The van der Waals surface area contributed by atoms with E-state index >= 15 is 0 Å². The second-order valence-corrected chi connectivity index (χ2v) is 7.65. The van der Waals surface area contributed by atoms with Crippen LogP contribution in [0.1, 0.15) is 12.0 Å². The molecule has 22 heavy (non-hydrogen) atoms. The lowest BCUT2D eigenvalue weighted by Gasteiger charge is -2.09. The van der Waals surface area contributed by atoms with Gasteiger partial charge in [-0.05, 0) is 42.7 Å². The largest absolute Gasteiger partial charge is 0.242 e. The first-order valence-corrected chi connectivity index (χ1v) is 9.20. The fourth-order valence-electron chi connectivity index (χ4n) is 1.95. The molecule has 0 spiro atoms. The molecule has 0 heterocycles. The fourth-order valence-corrected chi connectivity index (χ4v) is 4.01. The lowest BCUT2D eigenvalue weighted by Crippen LogP contribution is -2.25. The topological polar surface area (TPSA) is 46.2 Å². The molecule has 2 aromatic rings. The van der Waals surface area contributed by atoms with Crippen molar-refractivity contribution in [2.75, 3.05) is 6.54 Å². The van der Waals surface area contributed by atoms with Crippen molar-refractivity contribution >= 4 is 44.8 Å². The highest BCUT2D eigenvalue weighted by molar-refractivity contribution is 7.89. The molecule has 0 saturated carbocycles. The Hall–Kier alpha value is -0.780. The highest BCUT2D eigenvalue weighted by Crippen LogP contribution is 2.24. The smallest absolute Gasteiger partial charge is 0.211 e. The lowest BCUT2D eigenvalue weighted by atomic mass is 10.1. The molecule has 0 saturated heterocycles. The van der Waals surface area contributed by atoms with Crippen LogP contribution in [0.2, 0.25) is 15.1 Å². The maximum atomic E-state index is 12.2. The quantitative estimate of drug-likeness (QED) is 0.749. The molecule has 0 bridgehead atoms. The van der Waals surface area contributed by atoms with E-state index in [2.05, 4.69) is 4.72 Å². The summed E-state index contributed by atoms with van der Waals surface area (Å²) >= 11 is 17.8. The average Bonchev–Trinajstić information content (AvgIpc) is 2.48. The standard InChI is InChI=1S/C15H14Cl3NO2S/c16-12-7-8-14(18)15(10-12)22(20,21)19-9-3-5-11-4-1-2-6-13(11)17/h1-2,4,6-8,10,19H,3,5,9H2. The summed E-state index contributed by atoms with van der Waals surface area (Å²) in [4.78, 5) is -0.0144. The minimum absolute atomic E-state index is 0.0144. The number of hydrogen-bond donors (Lipinski definition) is 1. The lowest BCUT2D eigenvalue weighted by molar-refractivity contribution is 0.579. The van der Waals surface area contributed by atoms with Crippen molar-refractivity contribution in [3.05, 3.63) is 63.1 Å². The van der Waals surface area contributed by atoms with E-state index in [0.29, 0.717) is 22.9 Å². The molecule has 0 radical (unpaired) electrons. The third kappa shape index (κ3) is 4.61. The number of rotatable bonds is 6. The summed E-state index contributed by atoms with van der Waals surface area (Å²) in [5.74, 6) is 0. The summed E-state index contributed by atoms with van der Waals surface area (Å²) in [6, 6.07) is 11.8. The van der Waals surface area contributed by atoms with Crippen molar-refractivity contribution in [2.24, 2.45) is 0 Å². The van der Waals surface area contributed by atoms with Gasteiger partial charge < -0.3 is 0 Å². The summed E-state index contributed by atoms with van der Waals surface area (Å²) in [5, 5.41) is 1.15. The molecular formula is C15H14Cl3NO2S. The number of halogens is 3. The van der Waals surface area contributed by atoms with Crippen LogP contribution in [0.15, 0.2) is 47.4 Å². The van der Waals surface area contributed by atoms with Gasteiger partial charge in [0.15, 0.2) is 0 Å². The molecule has 7 heteroatoms. The number of nitrogens with one attached hydrogen (secondary N) is 1. The molecule has 2 rings (SSSR count). The van der Waals surface area contributed by atoms with Crippen LogP contribution in [0.5, 0.6) is 0 Å². The maximum absolute atomic E-state index is 12.2. The van der Waals surface area contributed by atoms with Crippen molar-refractivity contribution in [2.45, 2.75) is 17.7 Å². The Morgan fingerprint density at radius 3 is 2.41 bits per heavy atom. The number of sulfonamides is 1. The summed E-state index contributed by atoms with van der Waals surface area (Å²) in [6.45, 7) is 0.288. The number of aryl methyl sites for hydroxylation is 1. The van der Waals surface area contributed by atoms with Crippen molar-refractivity contribution < 1.29 is 8.42 Å². The predicted octanol–water partition coefficient (Wildman–Crippen LogP) is 4.56. The highest BCUT2D eigenvalue weighted by atomic mass is 35.5. The van der Waals surface area contributed by atoms with E-state index in [9.17, 15) is 8.42 Å². The first-order chi connectivity index (χ1) is 10.4. The molecule has 0 aliphatic rings. The average molecular weight is 379 g/mol. The minimum atomic E-state index is -3.68. The van der Waals surface area contributed by atoms with Crippen LogP contribution in [0.3, 0.4) is 0 Å². The Balaban J connectivity index is 1.96. The highest BCUT2D eigenvalue weighted by Gasteiger charge is 2.17. The second kappa shape index (κ2) is 7.66. The van der Waals surface area contributed by atoms with E-state index in [-0.39, 0.29) is 16.5 Å². The Labute approximate surface area is 145 Å². The van der Waals surface area contributed by atoms with Crippen molar-refractivity contribution in [3.8, 4) is 0 Å². The molecule has 2 aromatic carbocycles. The van der Waals surface area contributed by atoms with Gasteiger partial charge in [-0.25, -0.2) is 13.1 Å². The van der Waals surface area contributed by atoms with Gasteiger partial charge in [0.1, 0.15) is 4.90 Å². The maximum Gasteiger partial charge on any atom is 0.242 e. The Bertz CT molecular complexity index is 763. The van der Waals surface area contributed by atoms with Crippen LogP contribution in [-0.4, -0.2) is 15.0 Å². The van der Waals surface area contributed by atoms with Gasteiger partial charge in [-0.15, -0.1) is 0 Å². The molecule has 0 aliphatic heterocycles. The van der Waals surface area contributed by atoms with Gasteiger partial charge in [-0.1, -0.05) is 53.0 Å². The molecule has 0 amide bonds. The molecule has 0 fully saturated rings. The monoisotopic (exact) mass is 377 g/mol. The third-order valence-corrected chi connectivity index (χ3v) is 5.60. The van der Waals surface area contributed by atoms with Crippen LogP contribution in [0, 0.1) is 0 Å². The Kier molecular flexibility index (Phi) is 6.12. The number of benzene rings is 2. The third-order valence-electron chi connectivity index (χ3n) is 3.06. The molecule has 3 nitrogen and oxygen atoms in total. The van der Waals surface area contributed by atoms with E-state index < -0.39 is 10.0 Å². The van der Waals surface area contributed by atoms with Crippen LogP contribution < -0.4 is 4.72 Å². The Morgan fingerprint density at radius 1 is 0.955 bits per heavy atom. The molecule has 0 aromatic heterocycles. The molecule has 0 unspecified atom stereocenters. The normalized spacial score (nSPS) is 11.6. The fraction of sp³-hybridized carbons (Fsp3) is 0.200. The molecule has 1 N–H and O–H groups in total. The van der Waals surface area contributed by atoms with Gasteiger partial charge in [-0.2, -0.15) is 0 Å². The van der Waals surface area contributed by atoms with Crippen LogP contribution in [0.25, 0.3) is 0 Å². The van der Waals surface area contributed by atoms with Crippen molar-refractivity contribution in [3.63, 3.8) is 0 Å². The van der Waals surface area contributed by atoms with Crippen molar-refractivity contribution in [1.82, 2.24) is 4.72 Å². The predicted molar refractivity (Wildman–Crippen MR) is 91.4 cm³/mol. The molecule has 0 aliphatic carbocycles. The van der Waals surface area contributed by atoms with Gasteiger partial charge in [0.2, 0.25) is 10.0 Å².